The molecule has 138 valence electrons. The van der Waals surface area contributed by atoms with E-state index in [9.17, 15) is 4.79 Å². The van der Waals surface area contributed by atoms with E-state index in [4.69, 9.17) is 0 Å². The van der Waals surface area contributed by atoms with Crippen molar-refractivity contribution >= 4 is 11.9 Å². The number of carbonyl (C=O) groups is 1. The van der Waals surface area contributed by atoms with E-state index >= 15 is 0 Å². The second-order valence-corrected chi connectivity index (χ2v) is 6.65. The molecule has 1 amide bonds. The second-order valence-electron chi connectivity index (χ2n) is 6.65. The van der Waals surface area contributed by atoms with Gasteiger partial charge < -0.3 is 15.1 Å². The van der Waals surface area contributed by atoms with Crippen LogP contribution in [0.3, 0.4) is 0 Å². The lowest BCUT2D eigenvalue weighted by Crippen LogP contribution is -2.46. The molecule has 0 bridgehead atoms. The van der Waals surface area contributed by atoms with Gasteiger partial charge in [0.1, 0.15) is 0 Å². The fourth-order valence-electron chi connectivity index (χ4n) is 3.21. The molecule has 0 atom stereocenters. The lowest BCUT2D eigenvalue weighted by Gasteiger charge is -2.37. The molecule has 1 aliphatic heterocycles. The Kier molecular flexibility index (Phi) is 6.12. The Balaban J connectivity index is 1.80. The molecule has 1 fully saturated rings. The average Bonchev–Trinajstić information content (AvgIpc) is 2.68. The summed E-state index contributed by atoms with van der Waals surface area (Å²) in [6, 6.07) is 4.14. The standard InChI is InChI=1S/C19H26N6O/c1-3-21-19-22-12-16(13-23-19)18(26)25(14-15-4-8-20-9-5-15)17-6-10-24(2)11-7-17/h4-5,8-9,12-13,17H,3,6-7,10-11,14H2,1-2H3,(H,21,22,23). The summed E-state index contributed by atoms with van der Waals surface area (Å²) in [6.07, 6.45) is 8.71. The van der Waals surface area contributed by atoms with Crippen LogP contribution >= 0.6 is 0 Å². The van der Waals surface area contributed by atoms with E-state index < -0.39 is 0 Å². The topological polar surface area (TPSA) is 74.2 Å². The molecule has 0 unspecified atom stereocenters. The highest BCUT2D eigenvalue weighted by molar-refractivity contribution is 5.94. The van der Waals surface area contributed by atoms with Gasteiger partial charge in [-0.3, -0.25) is 9.78 Å². The molecule has 2 aromatic heterocycles. The number of pyridine rings is 1. The Hall–Kier alpha value is -2.54. The molecule has 0 aromatic carbocycles. The Morgan fingerprint density at radius 3 is 2.50 bits per heavy atom. The third-order valence-electron chi connectivity index (χ3n) is 4.73. The zero-order valence-electron chi connectivity index (χ0n) is 15.4. The van der Waals surface area contributed by atoms with Crippen molar-refractivity contribution in [2.24, 2.45) is 0 Å². The summed E-state index contributed by atoms with van der Waals surface area (Å²) in [4.78, 5) is 30.0. The maximum absolute atomic E-state index is 13.2. The average molecular weight is 354 g/mol. The van der Waals surface area contributed by atoms with Crippen LogP contribution in [-0.2, 0) is 6.54 Å². The summed E-state index contributed by atoms with van der Waals surface area (Å²) in [7, 11) is 2.12. The molecular weight excluding hydrogens is 328 g/mol. The van der Waals surface area contributed by atoms with Crippen LogP contribution in [0.25, 0.3) is 0 Å². The Bertz CT molecular complexity index is 698. The normalized spacial score (nSPS) is 15.6. The van der Waals surface area contributed by atoms with Gasteiger partial charge >= 0.3 is 0 Å². The van der Waals surface area contributed by atoms with E-state index in [1.807, 2.05) is 24.0 Å². The first kappa shape index (κ1) is 18.3. The number of aromatic nitrogens is 3. The number of anilines is 1. The Morgan fingerprint density at radius 1 is 1.23 bits per heavy atom. The van der Waals surface area contributed by atoms with Crippen molar-refractivity contribution in [1.29, 1.82) is 0 Å². The van der Waals surface area contributed by atoms with Gasteiger partial charge in [0.2, 0.25) is 5.95 Å². The molecule has 0 aliphatic carbocycles. The third kappa shape index (κ3) is 4.54. The minimum Gasteiger partial charge on any atom is -0.355 e. The monoisotopic (exact) mass is 354 g/mol. The molecule has 7 heteroatoms. The van der Waals surface area contributed by atoms with Crippen LogP contribution in [0.15, 0.2) is 36.9 Å². The summed E-state index contributed by atoms with van der Waals surface area (Å²) in [6.45, 7) is 5.31. The van der Waals surface area contributed by atoms with Gasteiger partial charge in [-0.2, -0.15) is 0 Å². The molecule has 3 heterocycles. The summed E-state index contributed by atoms with van der Waals surface area (Å²) in [5.41, 5.74) is 1.61. The van der Waals surface area contributed by atoms with Gasteiger partial charge in [-0.15, -0.1) is 0 Å². The van der Waals surface area contributed by atoms with Crippen LogP contribution in [0.1, 0.15) is 35.7 Å². The predicted molar refractivity (Wildman–Crippen MR) is 101 cm³/mol. The van der Waals surface area contributed by atoms with E-state index in [1.54, 1.807) is 24.8 Å². The van der Waals surface area contributed by atoms with Crippen LogP contribution in [0.2, 0.25) is 0 Å². The molecule has 1 N–H and O–H groups in total. The number of nitrogens with one attached hydrogen (secondary N) is 1. The van der Waals surface area contributed by atoms with Gasteiger partial charge in [0.15, 0.2) is 0 Å². The van der Waals surface area contributed by atoms with Gasteiger partial charge in [-0.05, 0) is 57.6 Å². The van der Waals surface area contributed by atoms with Crippen molar-refractivity contribution in [3.8, 4) is 0 Å². The van der Waals surface area contributed by atoms with Gasteiger partial charge in [0, 0.05) is 43.9 Å². The molecule has 26 heavy (non-hydrogen) atoms. The summed E-state index contributed by atoms with van der Waals surface area (Å²) < 4.78 is 0. The fraction of sp³-hybridized carbons (Fsp3) is 0.474. The Morgan fingerprint density at radius 2 is 1.88 bits per heavy atom. The minimum absolute atomic E-state index is 0.0144. The number of likely N-dealkylation sites (tertiary alicyclic amines) is 1. The summed E-state index contributed by atoms with van der Waals surface area (Å²) >= 11 is 0. The molecule has 0 saturated carbocycles. The van der Waals surface area contributed by atoms with Crippen molar-refractivity contribution in [3.05, 3.63) is 48.0 Å². The second kappa shape index (κ2) is 8.71. The van der Waals surface area contributed by atoms with E-state index in [-0.39, 0.29) is 11.9 Å². The SMILES string of the molecule is CCNc1ncc(C(=O)N(Cc2ccncc2)C2CCN(C)CC2)cn1. The number of hydrogen-bond acceptors (Lipinski definition) is 6. The van der Waals surface area contributed by atoms with Crippen LogP contribution in [0.5, 0.6) is 0 Å². The first-order chi connectivity index (χ1) is 12.7. The first-order valence-electron chi connectivity index (χ1n) is 9.11. The molecule has 2 aromatic rings. The highest BCUT2D eigenvalue weighted by atomic mass is 16.2. The lowest BCUT2D eigenvalue weighted by molar-refractivity contribution is 0.0568. The van der Waals surface area contributed by atoms with Crippen LogP contribution in [0.4, 0.5) is 5.95 Å². The fourth-order valence-corrected chi connectivity index (χ4v) is 3.21. The van der Waals surface area contributed by atoms with Crippen LogP contribution < -0.4 is 5.32 Å². The zero-order valence-corrected chi connectivity index (χ0v) is 15.4. The van der Waals surface area contributed by atoms with Gasteiger partial charge in [0.25, 0.3) is 5.91 Å². The van der Waals surface area contributed by atoms with Gasteiger partial charge in [-0.25, -0.2) is 9.97 Å². The van der Waals surface area contributed by atoms with Crippen LogP contribution in [0, 0.1) is 0 Å². The smallest absolute Gasteiger partial charge is 0.257 e. The third-order valence-corrected chi connectivity index (χ3v) is 4.73. The first-order valence-corrected chi connectivity index (χ1v) is 9.11. The van der Waals surface area contributed by atoms with Crippen molar-refractivity contribution in [2.45, 2.75) is 32.4 Å². The summed E-state index contributed by atoms with van der Waals surface area (Å²) in [5.74, 6) is 0.531. The molecule has 7 nitrogen and oxygen atoms in total. The van der Waals surface area contributed by atoms with Crippen molar-refractivity contribution < 1.29 is 4.79 Å². The number of hydrogen-bond donors (Lipinski definition) is 1. The van der Waals surface area contributed by atoms with Crippen molar-refractivity contribution in [1.82, 2.24) is 24.8 Å². The number of nitrogens with zero attached hydrogens (tertiary/aromatic N) is 5. The lowest BCUT2D eigenvalue weighted by atomic mass is 10.0. The van der Waals surface area contributed by atoms with Gasteiger partial charge in [0.05, 0.1) is 5.56 Å². The molecule has 1 aliphatic rings. The zero-order chi connectivity index (χ0) is 18.4. The largest absolute Gasteiger partial charge is 0.355 e. The molecule has 0 spiro atoms. The molecule has 0 radical (unpaired) electrons. The number of carbonyl (C=O) groups excluding carboxylic acids is 1. The van der Waals surface area contributed by atoms with Crippen LogP contribution in [-0.4, -0.2) is 63.4 Å². The number of amides is 1. The van der Waals surface area contributed by atoms with Gasteiger partial charge in [-0.1, -0.05) is 0 Å². The molecular formula is C19H26N6O. The number of rotatable bonds is 6. The molecule has 3 rings (SSSR count). The maximum atomic E-state index is 13.2. The van der Waals surface area contributed by atoms with E-state index in [1.165, 1.54) is 0 Å². The minimum atomic E-state index is -0.0144. The van der Waals surface area contributed by atoms with E-state index in [0.717, 1.165) is 38.0 Å². The number of piperidine rings is 1. The Labute approximate surface area is 154 Å². The maximum Gasteiger partial charge on any atom is 0.257 e. The quantitative estimate of drug-likeness (QED) is 0.856. The van der Waals surface area contributed by atoms with Crippen molar-refractivity contribution in [2.75, 3.05) is 32.0 Å². The molecule has 1 saturated heterocycles. The highest BCUT2D eigenvalue weighted by Gasteiger charge is 2.28. The highest BCUT2D eigenvalue weighted by Crippen LogP contribution is 2.20. The van der Waals surface area contributed by atoms with E-state index in [0.29, 0.717) is 18.1 Å². The van der Waals surface area contributed by atoms with E-state index in [2.05, 4.69) is 32.2 Å². The summed E-state index contributed by atoms with van der Waals surface area (Å²) in [5, 5.41) is 3.05. The predicted octanol–water partition coefficient (Wildman–Crippen LogP) is 2.04. The van der Waals surface area contributed by atoms with Crippen molar-refractivity contribution in [3.63, 3.8) is 0 Å².